The quantitative estimate of drug-likeness (QED) is 0.644. The van der Waals surface area contributed by atoms with Crippen LogP contribution in [0.2, 0.25) is 0 Å². The lowest BCUT2D eigenvalue weighted by atomic mass is 9.79. The summed E-state index contributed by atoms with van der Waals surface area (Å²) in [6.45, 7) is 3.73. The van der Waals surface area contributed by atoms with Crippen molar-refractivity contribution in [3.63, 3.8) is 0 Å². The molecule has 2 rings (SSSR count). The van der Waals surface area contributed by atoms with Crippen LogP contribution in [0.4, 0.5) is 8.78 Å². The molecule has 0 aromatic heterocycles. The maximum atomic E-state index is 13.4. The van der Waals surface area contributed by atoms with Gasteiger partial charge in [0.05, 0.1) is 0 Å². The van der Waals surface area contributed by atoms with Gasteiger partial charge in [0.1, 0.15) is 11.6 Å². The molecule has 1 aromatic rings. The second-order valence-electron chi connectivity index (χ2n) is 5.07. The Hall–Kier alpha value is -0.920. The maximum absolute atomic E-state index is 13.4. The first-order valence-corrected chi connectivity index (χ1v) is 6.03. The van der Waals surface area contributed by atoms with Gasteiger partial charge < -0.3 is 0 Å². The molecular weight excluding hydrogens is 206 g/mol. The predicted octanol–water partition coefficient (Wildman–Crippen LogP) is 4.81. The van der Waals surface area contributed by atoms with E-state index in [1.54, 1.807) is 0 Å². The summed E-state index contributed by atoms with van der Waals surface area (Å²) in [4.78, 5) is 0. The van der Waals surface area contributed by atoms with Crippen molar-refractivity contribution in [3.05, 3.63) is 34.9 Å². The molecule has 0 saturated heterocycles. The Balaban J connectivity index is 0.00000144. The molecule has 1 saturated carbocycles. The van der Waals surface area contributed by atoms with Crippen LogP contribution in [0.1, 0.15) is 51.1 Å². The van der Waals surface area contributed by atoms with Crippen LogP contribution in [0.25, 0.3) is 0 Å². The van der Waals surface area contributed by atoms with Crippen molar-refractivity contribution in [2.24, 2.45) is 5.92 Å². The highest BCUT2D eigenvalue weighted by molar-refractivity contribution is 5.28. The van der Waals surface area contributed by atoms with E-state index in [2.05, 4.69) is 6.92 Å². The molecule has 16 heavy (non-hydrogen) atoms. The summed E-state index contributed by atoms with van der Waals surface area (Å²) in [6.07, 6.45) is 4.45. The van der Waals surface area contributed by atoms with E-state index in [4.69, 9.17) is 0 Å². The molecule has 1 aliphatic carbocycles. The summed E-state index contributed by atoms with van der Waals surface area (Å²) < 4.78 is 26.9. The van der Waals surface area contributed by atoms with Gasteiger partial charge in [0.25, 0.3) is 0 Å². The molecule has 0 radical (unpaired) electrons. The molecule has 0 heterocycles. The average Bonchev–Trinajstić information content (AvgIpc) is 2.26. The van der Waals surface area contributed by atoms with Crippen LogP contribution in [0.5, 0.6) is 0 Å². The standard InChI is InChI=1S/C14H18F2.H2/c1-9-3-5-11(6-4-9)12-7-13(15)10(2)14(16)8-12;/h7-9,11H,3-6H2,1-2H3;1H. The van der Waals surface area contributed by atoms with Crippen LogP contribution in [0.3, 0.4) is 0 Å². The highest BCUT2D eigenvalue weighted by Crippen LogP contribution is 2.36. The average molecular weight is 226 g/mol. The SMILES string of the molecule is Cc1c(F)cc(C2CCC(C)CC2)cc1F.[HH]. The Kier molecular flexibility index (Phi) is 3.27. The Labute approximate surface area is 97.2 Å². The molecule has 0 aliphatic heterocycles. The second kappa shape index (κ2) is 4.52. The zero-order chi connectivity index (χ0) is 11.7. The molecule has 1 aliphatic rings. The number of rotatable bonds is 1. The van der Waals surface area contributed by atoms with Gasteiger partial charge in [-0.2, -0.15) is 0 Å². The van der Waals surface area contributed by atoms with Gasteiger partial charge >= 0.3 is 0 Å². The molecular formula is C14H20F2. The van der Waals surface area contributed by atoms with E-state index in [9.17, 15) is 8.78 Å². The van der Waals surface area contributed by atoms with Crippen LogP contribution in [-0.2, 0) is 0 Å². The van der Waals surface area contributed by atoms with E-state index in [0.717, 1.165) is 24.3 Å². The lowest BCUT2D eigenvalue weighted by Gasteiger charge is -2.26. The third kappa shape index (κ3) is 2.26. The fraction of sp³-hybridized carbons (Fsp3) is 0.571. The fourth-order valence-corrected chi connectivity index (χ4v) is 2.49. The summed E-state index contributed by atoms with van der Waals surface area (Å²) >= 11 is 0. The van der Waals surface area contributed by atoms with Gasteiger partial charge in [0, 0.05) is 6.99 Å². The van der Waals surface area contributed by atoms with Crippen molar-refractivity contribution < 1.29 is 10.2 Å². The molecule has 0 N–H and O–H groups in total. The smallest absolute Gasteiger partial charge is 0.129 e. The fourth-order valence-electron chi connectivity index (χ4n) is 2.49. The second-order valence-corrected chi connectivity index (χ2v) is 5.07. The topological polar surface area (TPSA) is 0 Å². The van der Waals surface area contributed by atoms with Gasteiger partial charge in [-0.25, -0.2) is 8.78 Å². The number of halogens is 2. The summed E-state index contributed by atoms with van der Waals surface area (Å²) in [5, 5.41) is 0. The van der Waals surface area contributed by atoms with E-state index in [-0.39, 0.29) is 6.99 Å². The number of benzene rings is 1. The maximum Gasteiger partial charge on any atom is 0.129 e. The van der Waals surface area contributed by atoms with Crippen molar-refractivity contribution in [2.45, 2.75) is 45.4 Å². The van der Waals surface area contributed by atoms with Gasteiger partial charge in [-0.05, 0) is 49.3 Å². The van der Waals surface area contributed by atoms with Crippen LogP contribution in [0, 0.1) is 24.5 Å². The van der Waals surface area contributed by atoms with Crippen molar-refractivity contribution in [1.82, 2.24) is 0 Å². The zero-order valence-electron chi connectivity index (χ0n) is 9.89. The molecule has 1 aromatic carbocycles. The largest absolute Gasteiger partial charge is 0.207 e. The summed E-state index contributed by atoms with van der Waals surface area (Å²) in [7, 11) is 0. The molecule has 0 bridgehead atoms. The highest BCUT2D eigenvalue weighted by atomic mass is 19.1. The Morgan fingerprint density at radius 2 is 1.56 bits per heavy atom. The summed E-state index contributed by atoms with van der Waals surface area (Å²) in [5.74, 6) is 0.291. The van der Waals surface area contributed by atoms with E-state index in [1.807, 2.05) is 0 Å². The molecule has 0 unspecified atom stereocenters. The van der Waals surface area contributed by atoms with E-state index in [0.29, 0.717) is 5.92 Å². The van der Waals surface area contributed by atoms with Crippen molar-refractivity contribution >= 4 is 0 Å². The van der Waals surface area contributed by atoms with Gasteiger partial charge in [-0.1, -0.05) is 19.8 Å². The molecule has 0 amide bonds. The van der Waals surface area contributed by atoms with Gasteiger partial charge in [0.15, 0.2) is 0 Å². The molecule has 0 spiro atoms. The minimum absolute atomic E-state index is 0. The van der Waals surface area contributed by atoms with Crippen molar-refractivity contribution in [3.8, 4) is 0 Å². The molecule has 2 heteroatoms. The lowest BCUT2D eigenvalue weighted by molar-refractivity contribution is 0.346. The Morgan fingerprint density at radius 1 is 1.06 bits per heavy atom. The molecule has 0 atom stereocenters. The third-order valence-corrected chi connectivity index (χ3v) is 3.79. The van der Waals surface area contributed by atoms with E-state index in [1.165, 1.54) is 31.9 Å². The van der Waals surface area contributed by atoms with Crippen LogP contribution >= 0.6 is 0 Å². The Bertz CT molecular complexity index is 359. The van der Waals surface area contributed by atoms with Gasteiger partial charge in [-0.3, -0.25) is 0 Å². The van der Waals surface area contributed by atoms with Crippen molar-refractivity contribution in [1.29, 1.82) is 0 Å². The van der Waals surface area contributed by atoms with E-state index >= 15 is 0 Å². The van der Waals surface area contributed by atoms with E-state index < -0.39 is 11.6 Å². The first-order chi connectivity index (χ1) is 7.58. The first-order valence-electron chi connectivity index (χ1n) is 6.03. The minimum atomic E-state index is -0.409. The van der Waals surface area contributed by atoms with Crippen LogP contribution in [-0.4, -0.2) is 0 Å². The lowest BCUT2D eigenvalue weighted by Crippen LogP contribution is -2.11. The van der Waals surface area contributed by atoms with Crippen LogP contribution in [0.15, 0.2) is 12.1 Å². The number of hydrogen-bond acceptors (Lipinski definition) is 0. The summed E-state index contributed by atoms with van der Waals surface area (Å²) in [5.41, 5.74) is 0.973. The predicted molar refractivity (Wildman–Crippen MR) is 63.6 cm³/mol. The normalized spacial score (nSPS) is 25.8. The first kappa shape index (κ1) is 11.6. The van der Waals surface area contributed by atoms with Gasteiger partial charge in [-0.15, -0.1) is 0 Å². The van der Waals surface area contributed by atoms with Crippen LogP contribution < -0.4 is 0 Å². The molecule has 0 nitrogen and oxygen atoms in total. The monoisotopic (exact) mass is 226 g/mol. The van der Waals surface area contributed by atoms with Crippen molar-refractivity contribution in [2.75, 3.05) is 0 Å². The minimum Gasteiger partial charge on any atom is -0.207 e. The van der Waals surface area contributed by atoms with Gasteiger partial charge in [0.2, 0.25) is 0 Å². The summed E-state index contributed by atoms with van der Waals surface area (Å²) in [6, 6.07) is 3.03. The number of hydrogen-bond donors (Lipinski definition) is 0. The molecule has 90 valence electrons. The Morgan fingerprint density at radius 3 is 2.06 bits per heavy atom. The third-order valence-electron chi connectivity index (χ3n) is 3.79. The zero-order valence-corrected chi connectivity index (χ0v) is 9.89. The highest BCUT2D eigenvalue weighted by Gasteiger charge is 2.21. The molecule has 1 fully saturated rings.